The molecule has 5 nitrogen and oxygen atoms in total. The fourth-order valence-corrected chi connectivity index (χ4v) is 5.88. The largest absolute Gasteiger partial charge is 0.353 e. The fourth-order valence-electron chi connectivity index (χ4n) is 5.88. The Bertz CT molecular complexity index is 1710. The minimum absolute atomic E-state index is 0.762. The molecule has 1 fully saturated rings. The number of aryl methyl sites for hydroxylation is 1. The van der Waals surface area contributed by atoms with Crippen LogP contribution < -0.4 is 0 Å². The molecule has 1 aromatic carbocycles. The van der Waals surface area contributed by atoms with Gasteiger partial charge in [-0.3, -0.25) is 10.1 Å². The Kier molecular flexibility index (Phi) is 6.97. The van der Waals surface area contributed by atoms with E-state index in [0.717, 1.165) is 68.2 Å². The highest BCUT2D eigenvalue weighted by Crippen LogP contribution is 2.34. The maximum atomic E-state index is 5.10. The van der Waals surface area contributed by atoms with Crippen molar-refractivity contribution in [2.75, 3.05) is 0 Å². The molecule has 0 amide bonds. The second-order valence-electron chi connectivity index (χ2n) is 10.7. The normalized spacial score (nSPS) is 15.3. The molecule has 2 N–H and O–H groups in total. The predicted molar refractivity (Wildman–Crippen MR) is 162 cm³/mol. The van der Waals surface area contributed by atoms with Gasteiger partial charge in [0.25, 0.3) is 0 Å². The van der Waals surface area contributed by atoms with Crippen LogP contribution in [0.2, 0.25) is 0 Å². The average Bonchev–Trinajstić information content (AvgIpc) is 3.59. The first-order valence-corrected chi connectivity index (χ1v) is 14.0. The molecule has 5 aromatic rings. The van der Waals surface area contributed by atoms with Crippen LogP contribution >= 0.6 is 0 Å². The van der Waals surface area contributed by atoms with Crippen molar-refractivity contribution < 1.29 is 0 Å². The van der Waals surface area contributed by atoms with Gasteiger partial charge in [0.15, 0.2) is 0 Å². The zero-order valence-corrected chi connectivity index (χ0v) is 22.8. The third-order valence-corrected chi connectivity index (χ3v) is 7.96. The number of aromatic amines is 2. The molecule has 1 saturated carbocycles. The van der Waals surface area contributed by atoms with E-state index in [1.807, 2.05) is 18.3 Å². The van der Waals surface area contributed by atoms with E-state index >= 15 is 0 Å². The SMILES string of the molecule is C=C/C(=C\C(=C/C)c1ccc2[nH]nc(-c3cc4c(-c5cccc(C)c5)nccc4[nH]3)c2n1)CC1CCCCC1. The number of nitrogens with one attached hydrogen (secondary N) is 2. The number of hydrogen-bond donors (Lipinski definition) is 2. The number of nitrogens with zero attached hydrogens (tertiary/aromatic N) is 3. The molecule has 39 heavy (non-hydrogen) atoms. The lowest BCUT2D eigenvalue weighted by molar-refractivity contribution is 0.358. The van der Waals surface area contributed by atoms with Gasteiger partial charge in [0.1, 0.15) is 11.2 Å². The molecule has 196 valence electrons. The van der Waals surface area contributed by atoms with Crippen LogP contribution in [0.25, 0.3) is 50.2 Å². The van der Waals surface area contributed by atoms with E-state index < -0.39 is 0 Å². The molecular formula is C34H35N5. The number of rotatable bonds is 7. The van der Waals surface area contributed by atoms with Crippen molar-refractivity contribution >= 4 is 27.5 Å². The molecule has 0 bridgehead atoms. The molecule has 6 rings (SSSR count). The van der Waals surface area contributed by atoms with Crippen molar-refractivity contribution in [1.29, 1.82) is 0 Å². The van der Waals surface area contributed by atoms with Gasteiger partial charge in [0, 0.05) is 22.7 Å². The lowest BCUT2D eigenvalue weighted by atomic mass is 9.84. The number of allylic oxidation sites excluding steroid dienone is 5. The lowest BCUT2D eigenvalue weighted by Crippen LogP contribution is -2.06. The van der Waals surface area contributed by atoms with Crippen LogP contribution in [0.5, 0.6) is 0 Å². The van der Waals surface area contributed by atoms with Crippen LogP contribution in [-0.2, 0) is 0 Å². The van der Waals surface area contributed by atoms with Crippen LogP contribution in [0.15, 0.2) is 85.1 Å². The quantitative estimate of drug-likeness (QED) is 0.213. The van der Waals surface area contributed by atoms with Gasteiger partial charge in [0.05, 0.1) is 22.6 Å². The molecular weight excluding hydrogens is 478 g/mol. The Balaban J connectivity index is 1.37. The monoisotopic (exact) mass is 513 g/mol. The van der Waals surface area contributed by atoms with E-state index in [1.54, 1.807) is 0 Å². The van der Waals surface area contributed by atoms with E-state index in [1.165, 1.54) is 43.2 Å². The van der Waals surface area contributed by atoms with Gasteiger partial charge in [-0.05, 0) is 73.7 Å². The van der Waals surface area contributed by atoms with Crippen molar-refractivity contribution in [3.63, 3.8) is 0 Å². The molecule has 1 aliphatic rings. The molecule has 0 atom stereocenters. The van der Waals surface area contributed by atoms with Gasteiger partial charge in [0.2, 0.25) is 0 Å². The molecule has 0 aliphatic heterocycles. The molecule has 4 aromatic heterocycles. The van der Waals surface area contributed by atoms with Crippen molar-refractivity contribution in [2.24, 2.45) is 5.92 Å². The van der Waals surface area contributed by atoms with Crippen molar-refractivity contribution in [3.05, 3.63) is 96.4 Å². The second kappa shape index (κ2) is 10.9. The molecule has 0 unspecified atom stereocenters. The highest BCUT2D eigenvalue weighted by Gasteiger charge is 2.17. The van der Waals surface area contributed by atoms with Crippen LogP contribution in [-0.4, -0.2) is 25.1 Å². The summed E-state index contributed by atoms with van der Waals surface area (Å²) in [4.78, 5) is 13.4. The molecule has 4 heterocycles. The minimum atomic E-state index is 0.762. The van der Waals surface area contributed by atoms with Gasteiger partial charge in [-0.25, -0.2) is 4.98 Å². The zero-order chi connectivity index (χ0) is 26.8. The van der Waals surface area contributed by atoms with Crippen LogP contribution in [0.4, 0.5) is 0 Å². The number of fused-ring (bicyclic) bond motifs is 2. The van der Waals surface area contributed by atoms with E-state index in [4.69, 9.17) is 9.97 Å². The Morgan fingerprint density at radius 3 is 2.69 bits per heavy atom. The van der Waals surface area contributed by atoms with E-state index in [9.17, 15) is 0 Å². The Hall–Kier alpha value is -4.25. The Morgan fingerprint density at radius 2 is 1.90 bits per heavy atom. The summed E-state index contributed by atoms with van der Waals surface area (Å²) in [5, 5.41) is 8.91. The summed E-state index contributed by atoms with van der Waals surface area (Å²) in [7, 11) is 0. The third kappa shape index (κ3) is 5.09. The molecule has 5 heteroatoms. The van der Waals surface area contributed by atoms with E-state index in [2.05, 4.69) is 90.2 Å². The molecule has 0 saturated heterocycles. The smallest absolute Gasteiger partial charge is 0.135 e. The minimum Gasteiger partial charge on any atom is -0.353 e. The maximum absolute atomic E-state index is 5.10. The average molecular weight is 514 g/mol. The number of hydrogen-bond acceptors (Lipinski definition) is 3. The topological polar surface area (TPSA) is 70.2 Å². The summed E-state index contributed by atoms with van der Waals surface area (Å²) >= 11 is 0. The summed E-state index contributed by atoms with van der Waals surface area (Å²) in [6, 6.07) is 16.8. The Morgan fingerprint density at radius 1 is 1.03 bits per heavy atom. The van der Waals surface area contributed by atoms with Gasteiger partial charge >= 0.3 is 0 Å². The van der Waals surface area contributed by atoms with Crippen molar-refractivity contribution in [1.82, 2.24) is 25.1 Å². The van der Waals surface area contributed by atoms with E-state index in [-0.39, 0.29) is 0 Å². The summed E-state index contributed by atoms with van der Waals surface area (Å²) in [5.41, 5.74) is 11.1. The number of pyridine rings is 2. The first-order valence-electron chi connectivity index (χ1n) is 14.0. The fraction of sp³-hybridized carbons (Fsp3) is 0.265. The third-order valence-electron chi connectivity index (χ3n) is 7.96. The van der Waals surface area contributed by atoms with Gasteiger partial charge in [-0.1, -0.05) is 74.6 Å². The molecule has 0 spiro atoms. The van der Waals surface area contributed by atoms with E-state index in [0.29, 0.717) is 0 Å². The number of aromatic nitrogens is 5. The maximum Gasteiger partial charge on any atom is 0.135 e. The number of H-pyrrole nitrogens is 2. The van der Waals surface area contributed by atoms with Crippen molar-refractivity contribution in [3.8, 4) is 22.6 Å². The zero-order valence-electron chi connectivity index (χ0n) is 22.8. The summed E-state index contributed by atoms with van der Waals surface area (Å²) in [5.74, 6) is 0.762. The van der Waals surface area contributed by atoms with Gasteiger partial charge < -0.3 is 4.98 Å². The first kappa shape index (κ1) is 25.1. The lowest BCUT2D eigenvalue weighted by Gasteiger charge is -2.22. The van der Waals surface area contributed by atoms with Gasteiger partial charge in [-0.15, -0.1) is 0 Å². The number of benzene rings is 1. The first-order chi connectivity index (χ1) is 19.1. The second-order valence-corrected chi connectivity index (χ2v) is 10.7. The molecule has 0 radical (unpaired) electrons. The Labute approximate surface area is 229 Å². The van der Waals surface area contributed by atoms with Gasteiger partial charge in [-0.2, -0.15) is 5.10 Å². The van der Waals surface area contributed by atoms with Crippen molar-refractivity contribution in [2.45, 2.75) is 52.4 Å². The highest BCUT2D eigenvalue weighted by molar-refractivity contribution is 5.99. The summed E-state index contributed by atoms with van der Waals surface area (Å²) < 4.78 is 0. The summed E-state index contributed by atoms with van der Waals surface area (Å²) in [6.07, 6.45) is 16.1. The summed E-state index contributed by atoms with van der Waals surface area (Å²) in [6.45, 7) is 8.30. The van der Waals surface area contributed by atoms with Crippen LogP contribution in [0.3, 0.4) is 0 Å². The predicted octanol–water partition coefficient (Wildman–Crippen LogP) is 8.96. The molecule has 1 aliphatic carbocycles. The standard InChI is InChI=1S/C34H35N5/c1-4-23(19-24-11-7-6-8-12-24)20-25(5-2)28-14-15-30-33(37-28)34(39-38-30)31-21-27-29(36-31)16-17-35-32(27)26-13-9-10-22(3)18-26/h4-5,9-10,13-18,20-21,24,36H,1,6-8,11-12,19H2,2-3H3,(H,38,39)/b23-20+,25-5+. The van der Waals surface area contributed by atoms with Crippen LogP contribution in [0.1, 0.15) is 56.7 Å². The van der Waals surface area contributed by atoms with Crippen LogP contribution in [0, 0.1) is 12.8 Å². The highest BCUT2D eigenvalue weighted by atomic mass is 15.1.